The van der Waals surface area contributed by atoms with Gasteiger partial charge < -0.3 is 15.1 Å². The van der Waals surface area contributed by atoms with Gasteiger partial charge in [0.15, 0.2) is 12.6 Å². The van der Waals surface area contributed by atoms with Gasteiger partial charge in [-0.15, -0.1) is 0 Å². The fourth-order valence-corrected chi connectivity index (χ4v) is 3.11. The van der Waals surface area contributed by atoms with E-state index < -0.39 is 0 Å². The van der Waals surface area contributed by atoms with Crippen LogP contribution in [0.1, 0.15) is 41.0 Å². The molecule has 1 aliphatic rings. The molecule has 2 N–H and O–H groups in total. The highest BCUT2D eigenvalue weighted by molar-refractivity contribution is 5.81. The average Bonchev–Trinajstić information content (AvgIpc) is 2.34. The van der Waals surface area contributed by atoms with E-state index in [1.54, 1.807) is 0 Å². The Morgan fingerprint density at radius 3 is 2.19 bits per heavy atom. The topological polar surface area (TPSA) is 53.9 Å². The second-order valence-electron chi connectivity index (χ2n) is 7.16. The first kappa shape index (κ1) is 18.0. The van der Waals surface area contributed by atoms with E-state index in [1.807, 2.05) is 32.7 Å². The Morgan fingerprint density at radius 1 is 1.19 bits per heavy atom. The van der Waals surface area contributed by atoms with E-state index in [4.69, 9.17) is 0 Å². The molecular weight excluding hydrogens is 266 g/mol. The largest absolute Gasteiger partial charge is 0.349 e. The number of carbonyl (C=O) groups is 2. The fraction of sp³-hybridized carbons (Fsp3) is 0.875. The van der Waals surface area contributed by atoms with E-state index in [-0.39, 0.29) is 23.9 Å². The van der Waals surface area contributed by atoms with Crippen molar-refractivity contribution in [3.63, 3.8) is 0 Å². The molecule has 5 heteroatoms. The summed E-state index contributed by atoms with van der Waals surface area (Å²) >= 11 is 0. The maximum absolute atomic E-state index is 12.6. The molecule has 0 bridgehead atoms. The third kappa shape index (κ3) is 5.65. The molecule has 1 fully saturated rings. The highest BCUT2D eigenvalue weighted by Crippen LogP contribution is 2.21. The molecule has 1 unspecified atom stereocenters. The molecule has 4 atom stereocenters. The van der Waals surface area contributed by atoms with E-state index in [2.05, 4.69) is 19.2 Å². The van der Waals surface area contributed by atoms with Crippen LogP contribution in [0.4, 0.5) is 0 Å². The van der Waals surface area contributed by atoms with Crippen molar-refractivity contribution in [3.05, 3.63) is 0 Å². The summed E-state index contributed by atoms with van der Waals surface area (Å²) in [6.45, 7) is 12.2. The number of hydrogen-bond donors (Lipinski definition) is 2. The van der Waals surface area contributed by atoms with Crippen molar-refractivity contribution in [2.24, 2.45) is 11.8 Å². The molecule has 122 valence electrons. The third-order valence-corrected chi connectivity index (χ3v) is 4.18. The van der Waals surface area contributed by atoms with Crippen molar-refractivity contribution in [1.82, 2.24) is 10.2 Å². The van der Waals surface area contributed by atoms with Crippen LogP contribution in [0.3, 0.4) is 0 Å². The number of piperidine rings is 1. The second kappa shape index (κ2) is 7.78. The van der Waals surface area contributed by atoms with Gasteiger partial charge in [-0.1, -0.05) is 13.8 Å². The standard InChI is InChI=1S/C16H31N3O2/c1-11(2)17-15(20)10-18(6)14(5)16(21)19-8-12(3)7-13(4)9-19/h11-14H,7-10H2,1-6H3,(H,17,20)/p+1/t12-,13-,14-/m1/s1. The number of nitrogens with one attached hydrogen (secondary N) is 2. The van der Waals surface area contributed by atoms with Gasteiger partial charge in [-0.05, 0) is 39.0 Å². The summed E-state index contributed by atoms with van der Waals surface area (Å²) in [4.78, 5) is 27.3. The number of likely N-dealkylation sites (tertiary alicyclic amines) is 1. The Kier molecular flexibility index (Phi) is 6.65. The van der Waals surface area contributed by atoms with Gasteiger partial charge in [-0.25, -0.2) is 0 Å². The van der Waals surface area contributed by atoms with E-state index in [9.17, 15) is 9.59 Å². The number of nitrogens with zero attached hydrogens (tertiary/aromatic N) is 1. The minimum atomic E-state index is -0.180. The van der Waals surface area contributed by atoms with Gasteiger partial charge in [0.05, 0.1) is 7.05 Å². The van der Waals surface area contributed by atoms with Crippen LogP contribution in [0.25, 0.3) is 0 Å². The lowest BCUT2D eigenvalue weighted by molar-refractivity contribution is -0.886. The lowest BCUT2D eigenvalue weighted by atomic mass is 9.91. The molecular formula is C16H32N3O2+. The zero-order valence-corrected chi connectivity index (χ0v) is 14.4. The number of likely N-dealkylation sites (N-methyl/N-ethyl adjacent to an activating group) is 1. The van der Waals surface area contributed by atoms with Gasteiger partial charge in [0.25, 0.3) is 11.8 Å². The number of rotatable bonds is 5. The Balaban J connectivity index is 2.54. The van der Waals surface area contributed by atoms with Crippen molar-refractivity contribution < 1.29 is 14.5 Å². The highest BCUT2D eigenvalue weighted by atomic mass is 16.2. The van der Waals surface area contributed by atoms with Gasteiger partial charge >= 0.3 is 0 Å². The summed E-state index contributed by atoms with van der Waals surface area (Å²) in [7, 11) is 1.92. The maximum Gasteiger partial charge on any atom is 0.280 e. The van der Waals surface area contributed by atoms with Gasteiger partial charge in [-0.3, -0.25) is 9.59 Å². The molecule has 1 saturated heterocycles. The van der Waals surface area contributed by atoms with E-state index in [1.165, 1.54) is 6.42 Å². The molecule has 21 heavy (non-hydrogen) atoms. The van der Waals surface area contributed by atoms with Crippen molar-refractivity contribution in [2.45, 2.75) is 53.1 Å². The van der Waals surface area contributed by atoms with Gasteiger partial charge in [0.2, 0.25) is 0 Å². The highest BCUT2D eigenvalue weighted by Gasteiger charge is 2.32. The van der Waals surface area contributed by atoms with Crippen LogP contribution in [-0.2, 0) is 9.59 Å². The SMILES string of the molecule is CC(C)NC(=O)C[NH+](C)[C@H](C)C(=O)N1C[C@H](C)C[C@@H](C)C1. The van der Waals surface area contributed by atoms with Crippen molar-refractivity contribution in [3.8, 4) is 0 Å². The van der Waals surface area contributed by atoms with E-state index in [0.29, 0.717) is 18.4 Å². The monoisotopic (exact) mass is 298 g/mol. The van der Waals surface area contributed by atoms with Crippen LogP contribution in [0, 0.1) is 11.8 Å². The predicted molar refractivity (Wildman–Crippen MR) is 84.0 cm³/mol. The Bertz CT molecular complexity index is 361. The Morgan fingerprint density at radius 2 is 1.71 bits per heavy atom. The normalized spacial score (nSPS) is 25.6. The summed E-state index contributed by atoms with van der Waals surface area (Å²) in [5.74, 6) is 1.30. The first-order valence-electron chi connectivity index (χ1n) is 8.11. The quantitative estimate of drug-likeness (QED) is 0.746. The molecule has 1 rings (SSSR count). The maximum atomic E-state index is 12.6. The first-order valence-corrected chi connectivity index (χ1v) is 8.11. The Hall–Kier alpha value is -1.10. The molecule has 0 saturated carbocycles. The zero-order valence-electron chi connectivity index (χ0n) is 14.4. The van der Waals surface area contributed by atoms with E-state index in [0.717, 1.165) is 18.0 Å². The van der Waals surface area contributed by atoms with Crippen molar-refractivity contribution in [2.75, 3.05) is 26.7 Å². The number of amides is 2. The third-order valence-electron chi connectivity index (χ3n) is 4.18. The number of carbonyl (C=O) groups excluding carboxylic acids is 2. The molecule has 1 heterocycles. The van der Waals surface area contributed by atoms with E-state index >= 15 is 0 Å². The van der Waals surface area contributed by atoms with Crippen LogP contribution in [-0.4, -0.2) is 55.5 Å². The molecule has 0 aromatic carbocycles. The minimum Gasteiger partial charge on any atom is -0.349 e. The molecule has 5 nitrogen and oxygen atoms in total. The number of hydrogen-bond acceptors (Lipinski definition) is 2. The van der Waals surface area contributed by atoms with Crippen molar-refractivity contribution in [1.29, 1.82) is 0 Å². The van der Waals surface area contributed by atoms with Crippen LogP contribution < -0.4 is 10.2 Å². The van der Waals surface area contributed by atoms with Gasteiger partial charge in [-0.2, -0.15) is 0 Å². The van der Waals surface area contributed by atoms with Gasteiger partial charge in [0, 0.05) is 19.1 Å². The summed E-state index contributed by atoms with van der Waals surface area (Å²) < 4.78 is 0. The summed E-state index contributed by atoms with van der Waals surface area (Å²) in [5.41, 5.74) is 0. The van der Waals surface area contributed by atoms with Crippen LogP contribution in [0.5, 0.6) is 0 Å². The minimum absolute atomic E-state index is 0.00234. The Labute approximate surface area is 129 Å². The lowest BCUT2D eigenvalue weighted by Gasteiger charge is -2.36. The van der Waals surface area contributed by atoms with Crippen LogP contribution in [0.15, 0.2) is 0 Å². The summed E-state index contributed by atoms with van der Waals surface area (Å²) in [5, 5.41) is 2.88. The first-order chi connectivity index (χ1) is 9.70. The van der Waals surface area contributed by atoms with Crippen molar-refractivity contribution >= 4 is 11.8 Å². The van der Waals surface area contributed by atoms with Gasteiger partial charge in [0.1, 0.15) is 0 Å². The molecule has 0 spiro atoms. The van der Waals surface area contributed by atoms with Crippen LogP contribution >= 0.6 is 0 Å². The molecule has 1 aliphatic heterocycles. The summed E-state index contributed by atoms with van der Waals surface area (Å²) in [6.07, 6.45) is 1.19. The molecule has 0 aliphatic carbocycles. The number of quaternary nitrogens is 1. The summed E-state index contributed by atoms with van der Waals surface area (Å²) in [6, 6.07) is -0.0412. The fourth-order valence-electron chi connectivity index (χ4n) is 3.11. The smallest absolute Gasteiger partial charge is 0.280 e. The molecule has 0 aromatic heterocycles. The predicted octanol–water partition coefficient (Wildman–Crippen LogP) is -0.0813. The average molecular weight is 298 g/mol. The lowest BCUT2D eigenvalue weighted by Crippen LogP contribution is -3.15. The zero-order chi connectivity index (χ0) is 16.2. The molecule has 2 amide bonds. The second-order valence-corrected chi connectivity index (χ2v) is 7.16. The molecule has 0 radical (unpaired) electrons. The molecule has 0 aromatic rings. The van der Waals surface area contributed by atoms with Crippen LogP contribution in [0.2, 0.25) is 0 Å².